The minimum atomic E-state index is -0.455. The summed E-state index contributed by atoms with van der Waals surface area (Å²) in [5.74, 6) is 1.76. The highest BCUT2D eigenvalue weighted by Crippen LogP contribution is 2.63. The predicted molar refractivity (Wildman–Crippen MR) is 305 cm³/mol. The van der Waals surface area contributed by atoms with Gasteiger partial charge in [-0.25, -0.2) is 9.97 Å². The number of rotatable bonds is 5. The molecule has 4 aromatic heterocycles. The molecule has 2 aliphatic rings. The third kappa shape index (κ3) is 5.47. The van der Waals surface area contributed by atoms with Crippen molar-refractivity contribution in [3.8, 4) is 67.0 Å². The molecule has 0 saturated heterocycles. The Bertz CT molecular complexity index is 4830. The van der Waals surface area contributed by atoms with E-state index in [2.05, 4.69) is 273 Å². The summed E-state index contributed by atoms with van der Waals surface area (Å²) in [6, 6.07) is 93.2. The Morgan fingerprint density at radius 2 is 0.667 bits per heavy atom. The van der Waals surface area contributed by atoms with Crippen LogP contribution in [0.1, 0.15) is 22.3 Å². The highest BCUT2D eigenvalue weighted by atomic mass is 15.2. The minimum Gasteiger partial charge on any atom is -0.278 e. The van der Waals surface area contributed by atoms with Crippen LogP contribution in [0.4, 0.5) is 0 Å². The lowest BCUT2D eigenvalue weighted by Crippen LogP contribution is -2.26. The molecule has 0 saturated carbocycles. The number of benzene rings is 11. The molecule has 11 aromatic carbocycles. The maximum absolute atomic E-state index is 5.41. The smallest absolute Gasteiger partial charge is 0.220 e. The molecule has 0 fully saturated rings. The quantitative estimate of drug-likeness (QED) is 0.173. The zero-order valence-corrected chi connectivity index (χ0v) is 40.4. The van der Waals surface area contributed by atoms with Gasteiger partial charge in [-0.15, -0.1) is 0 Å². The summed E-state index contributed by atoms with van der Waals surface area (Å²) < 4.78 is 9.36. The van der Waals surface area contributed by atoms with Crippen molar-refractivity contribution in [3.05, 3.63) is 277 Å². The number of para-hydroxylation sites is 4. The molecule has 0 amide bonds. The third-order valence-electron chi connectivity index (χ3n) is 16.4. The monoisotopic (exact) mass is 954 g/mol. The first kappa shape index (κ1) is 40.5. The highest BCUT2D eigenvalue weighted by Gasteiger charge is 2.51. The van der Waals surface area contributed by atoms with Gasteiger partial charge in [-0.2, -0.15) is 0 Å². The molecule has 348 valence electrons. The fourth-order valence-corrected chi connectivity index (χ4v) is 13.2. The summed E-state index contributed by atoms with van der Waals surface area (Å²) in [5.41, 5.74) is 27.5. The number of imidazole rings is 4. The van der Waals surface area contributed by atoms with Gasteiger partial charge in [-0.1, -0.05) is 182 Å². The summed E-state index contributed by atoms with van der Waals surface area (Å²) >= 11 is 0. The van der Waals surface area contributed by atoms with Gasteiger partial charge in [0.25, 0.3) is 0 Å². The summed E-state index contributed by atoms with van der Waals surface area (Å²) in [6.07, 6.45) is 0. The van der Waals surface area contributed by atoms with Crippen LogP contribution in [0.3, 0.4) is 0 Å². The molecule has 15 aromatic rings. The molecule has 1 spiro atoms. The van der Waals surface area contributed by atoms with Gasteiger partial charge in [0.05, 0.1) is 49.5 Å². The Labute approximate surface area is 430 Å². The Balaban J connectivity index is 0.839. The van der Waals surface area contributed by atoms with Crippen LogP contribution in [-0.4, -0.2) is 27.9 Å². The molecular weight excluding hydrogens is 913 g/mol. The lowest BCUT2D eigenvalue weighted by Gasteiger charge is -2.30. The first-order valence-corrected chi connectivity index (χ1v) is 25.7. The second-order valence-corrected chi connectivity index (χ2v) is 20.2. The summed E-state index contributed by atoms with van der Waals surface area (Å²) in [6.45, 7) is 0. The molecule has 0 N–H and O–H groups in total. The van der Waals surface area contributed by atoms with E-state index < -0.39 is 5.41 Å². The predicted octanol–water partition coefficient (Wildman–Crippen LogP) is 16.5. The van der Waals surface area contributed by atoms with Gasteiger partial charge in [-0.05, 0) is 151 Å². The SMILES string of the molecule is c1ccc(-c2ccc(-c3cccc(-n4c5ccc(-c6ccc7c(c6)n6c8ccccc8nc6n7-c6ccc7c(c6)C6(c8ccccc8-c8ccccc86)c6ccccc6-7)cc5n5c6ccccc6nc45)c3)cc2)cc1. The zero-order valence-electron chi connectivity index (χ0n) is 40.4. The van der Waals surface area contributed by atoms with Crippen molar-refractivity contribution in [2.45, 2.75) is 5.41 Å². The molecule has 17 rings (SSSR count). The van der Waals surface area contributed by atoms with Crippen molar-refractivity contribution in [2.75, 3.05) is 0 Å². The van der Waals surface area contributed by atoms with Crippen LogP contribution < -0.4 is 0 Å². The van der Waals surface area contributed by atoms with Crippen LogP contribution in [0.25, 0.3) is 123 Å². The second kappa shape index (κ2) is 15.0. The van der Waals surface area contributed by atoms with Crippen LogP contribution in [0.2, 0.25) is 0 Å². The summed E-state index contributed by atoms with van der Waals surface area (Å²) in [7, 11) is 0. The maximum Gasteiger partial charge on any atom is 0.220 e. The molecule has 0 unspecified atom stereocenters. The summed E-state index contributed by atoms with van der Waals surface area (Å²) in [4.78, 5) is 10.7. The van der Waals surface area contributed by atoms with Crippen molar-refractivity contribution in [2.24, 2.45) is 0 Å². The normalized spacial score (nSPS) is 13.2. The number of fused-ring (bicyclic) bond motifs is 20. The van der Waals surface area contributed by atoms with Gasteiger partial charge in [0, 0.05) is 11.4 Å². The van der Waals surface area contributed by atoms with Crippen LogP contribution in [0.5, 0.6) is 0 Å². The Hall–Kier alpha value is -10.0. The van der Waals surface area contributed by atoms with Gasteiger partial charge in [-0.3, -0.25) is 17.9 Å². The molecule has 75 heavy (non-hydrogen) atoms. The molecule has 6 nitrogen and oxygen atoms in total. The average Bonchev–Trinajstić information content (AvgIpc) is 4.36. The van der Waals surface area contributed by atoms with Gasteiger partial charge in [0.1, 0.15) is 0 Å². The summed E-state index contributed by atoms with van der Waals surface area (Å²) in [5, 5.41) is 0. The van der Waals surface area contributed by atoms with Gasteiger partial charge < -0.3 is 0 Å². The van der Waals surface area contributed by atoms with E-state index in [0.29, 0.717) is 0 Å². The van der Waals surface area contributed by atoms with Crippen molar-refractivity contribution in [1.29, 1.82) is 0 Å². The minimum absolute atomic E-state index is 0.455. The van der Waals surface area contributed by atoms with Crippen LogP contribution in [0, 0.1) is 0 Å². The number of hydrogen-bond donors (Lipinski definition) is 0. The number of hydrogen-bond acceptors (Lipinski definition) is 2. The molecule has 4 heterocycles. The number of nitrogens with zero attached hydrogens (tertiary/aromatic N) is 6. The fraction of sp³-hybridized carbons (Fsp3) is 0.0145. The van der Waals surface area contributed by atoms with Crippen molar-refractivity contribution in [1.82, 2.24) is 27.9 Å². The van der Waals surface area contributed by atoms with E-state index in [0.717, 1.165) is 83.8 Å². The Morgan fingerprint density at radius 1 is 0.253 bits per heavy atom. The standard InChI is InChI=1S/C69H42N6/c1-2-15-43(16-3-1)44-29-31-45(32-30-44)46-17-14-18-49(39-46)72-63-37-33-47(40-65(63)74-61-27-12-10-25-59(61)70-67(72)74)48-34-38-64-66(41-48)75-62-28-13-11-26-60(62)71-68(75)73(64)50-35-36-54-53-21-6-9-24-57(53)69(58(54)42-50)55-22-7-4-19-51(55)52-20-5-8-23-56(52)69/h1-42H. The average molecular weight is 955 g/mol. The van der Waals surface area contributed by atoms with Crippen LogP contribution >= 0.6 is 0 Å². The molecule has 2 aliphatic carbocycles. The maximum atomic E-state index is 5.41. The molecular formula is C69H42N6. The van der Waals surface area contributed by atoms with Crippen molar-refractivity contribution >= 4 is 55.7 Å². The Kier molecular flexibility index (Phi) is 8.11. The third-order valence-corrected chi connectivity index (χ3v) is 16.4. The van der Waals surface area contributed by atoms with E-state index in [-0.39, 0.29) is 0 Å². The second-order valence-electron chi connectivity index (χ2n) is 20.2. The van der Waals surface area contributed by atoms with E-state index in [9.17, 15) is 0 Å². The van der Waals surface area contributed by atoms with Gasteiger partial charge in [0.15, 0.2) is 0 Å². The van der Waals surface area contributed by atoms with E-state index >= 15 is 0 Å². The lowest BCUT2D eigenvalue weighted by atomic mass is 9.70. The zero-order chi connectivity index (χ0) is 48.9. The molecule has 6 heteroatoms. The van der Waals surface area contributed by atoms with Crippen molar-refractivity contribution < 1.29 is 0 Å². The van der Waals surface area contributed by atoms with Gasteiger partial charge >= 0.3 is 0 Å². The molecule has 0 bridgehead atoms. The van der Waals surface area contributed by atoms with E-state index in [1.807, 2.05) is 0 Å². The van der Waals surface area contributed by atoms with Crippen molar-refractivity contribution in [3.63, 3.8) is 0 Å². The molecule has 0 aliphatic heterocycles. The Morgan fingerprint density at radius 3 is 1.23 bits per heavy atom. The van der Waals surface area contributed by atoms with Crippen LogP contribution in [-0.2, 0) is 5.41 Å². The highest BCUT2D eigenvalue weighted by molar-refractivity contribution is 5.99. The number of aromatic nitrogens is 6. The fourth-order valence-electron chi connectivity index (χ4n) is 13.2. The molecule has 0 radical (unpaired) electrons. The molecule has 0 atom stereocenters. The topological polar surface area (TPSA) is 44.5 Å². The largest absolute Gasteiger partial charge is 0.278 e. The van der Waals surface area contributed by atoms with E-state index in [1.54, 1.807) is 0 Å². The lowest BCUT2D eigenvalue weighted by molar-refractivity contribution is 0.792. The first-order chi connectivity index (χ1) is 37.2. The van der Waals surface area contributed by atoms with E-state index in [4.69, 9.17) is 9.97 Å². The van der Waals surface area contributed by atoms with E-state index in [1.165, 1.54) is 61.2 Å². The van der Waals surface area contributed by atoms with Crippen LogP contribution in [0.15, 0.2) is 255 Å². The van der Waals surface area contributed by atoms with Gasteiger partial charge in [0.2, 0.25) is 11.6 Å². The first-order valence-electron chi connectivity index (χ1n) is 25.7.